The normalized spacial score (nSPS) is 14.8. The predicted molar refractivity (Wildman–Crippen MR) is 63.2 cm³/mol. The Morgan fingerprint density at radius 1 is 1.61 bits per heavy atom. The van der Waals surface area contributed by atoms with Gasteiger partial charge in [0.05, 0.1) is 19.3 Å². The maximum atomic E-state index is 11.4. The molecule has 1 heterocycles. The SMILES string of the molecule is [2H]C[C@H](CO)O[C@H](CO)n1ccc(=O)[nH]c1=O.[3H]OC. The summed E-state index contributed by atoms with van der Waals surface area (Å²) >= 11 is 0. The molecule has 0 aromatic carbocycles. The summed E-state index contributed by atoms with van der Waals surface area (Å²) in [5.74, 6) is 0. The molecule has 8 nitrogen and oxygen atoms in total. The van der Waals surface area contributed by atoms with Crippen LogP contribution in [0.5, 0.6) is 0 Å². The third kappa shape index (κ3) is 4.80. The van der Waals surface area contributed by atoms with Gasteiger partial charge < -0.3 is 20.1 Å². The first-order chi connectivity index (χ1) is 9.53. The average Bonchev–Trinajstić information content (AvgIpc) is 2.42. The smallest absolute Gasteiger partial charge is 0.330 e. The highest BCUT2D eigenvalue weighted by atomic mass is 16.5. The van der Waals surface area contributed by atoms with Crippen molar-refractivity contribution < 1.29 is 21.4 Å². The van der Waals surface area contributed by atoms with E-state index >= 15 is 0 Å². The second-order valence-electron chi connectivity index (χ2n) is 3.10. The lowest BCUT2D eigenvalue weighted by Crippen LogP contribution is -2.35. The fourth-order valence-corrected chi connectivity index (χ4v) is 1.12. The topological polar surface area (TPSA) is 125 Å². The van der Waals surface area contributed by atoms with Crippen LogP contribution in [-0.2, 0) is 4.74 Å². The van der Waals surface area contributed by atoms with Gasteiger partial charge >= 0.3 is 5.69 Å². The molecule has 0 unspecified atom stereocenters. The Labute approximate surface area is 106 Å². The summed E-state index contributed by atoms with van der Waals surface area (Å²) in [6.07, 6.45) is -0.659. The molecule has 2 atom stereocenters. The van der Waals surface area contributed by atoms with Crippen molar-refractivity contribution in [2.45, 2.75) is 19.2 Å². The molecule has 0 saturated carbocycles. The van der Waals surface area contributed by atoms with Crippen molar-refractivity contribution in [2.24, 2.45) is 0 Å². The Balaban J connectivity index is 0.00000110. The van der Waals surface area contributed by atoms with E-state index in [2.05, 4.69) is 5.11 Å². The minimum atomic E-state index is -1.04. The largest absolute Gasteiger partial charge is 0.400 e. The molecule has 0 aliphatic rings. The quantitative estimate of drug-likeness (QED) is 0.489. The second-order valence-corrected chi connectivity index (χ2v) is 3.10. The first-order valence-corrected chi connectivity index (χ1v) is 5.01. The zero-order valence-corrected chi connectivity index (χ0v) is 9.91. The van der Waals surface area contributed by atoms with Crippen LogP contribution in [0.4, 0.5) is 0 Å². The molecule has 0 spiro atoms. The first-order valence-electron chi connectivity index (χ1n) is 6.12. The van der Waals surface area contributed by atoms with Crippen LogP contribution in [0.15, 0.2) is 21.9 Å². The van der Waals surface area contributed by atoms with Gasteiger partial charge in [0.15, 0.2) is 6.23 Å². The molecule has 1 rings (SSSR count). The minimum Gasteiger partial charge on any atom is -0.400 e. The lowest BCUT2D eigenvalue weighted by Gasteiger charge is -2.20. The Morgan fingerprint density at radius 3 is 2.72 bits per heavy atom. The van der Waals surface area contributed by atoms with Crippen molar-refractivity contribution in [3.63, 3.8) is 0 Å². The zero-order chi connectivity index (χ0) is 15.5. The number of H-pyrrole nitrogens is 1. The van der Waals surface area contributed by atoms with Crippen molar-refractivity contribution >= 4 is 0 Å². The van der Waals surface area contributed by atoms with Crippen molar-refractivity contribution in [3.8, 4) is 0 Å². The van der Waals surface area contributed by atoms with Gasteiger partial charge in [-0.1, -0.05) is 0 Å². The highest BCUT2D eigenvalue weighted by Gasteiger charge is 2.15. The average molecular weight is 265 g/mol. The number of nitrogens with zero attached hydrogens (tertiary/aromatic N) is 1. The van der Waals surface area contributed by atoms with Gasteiger partial charge in [0.25, 0.3) is 5.56 Å². The van der Waals surface area contributed by atoms with Crippen LogP contribution >= 0.6 is 0 Å². The number of hydrogen-bond donors (Lipinski definition) is 4. The number of hydrogen-bond acceptors (Lipinski definition) is 6. The van der Waals surface area contributed by atoms with Crippen molar-refractivity contribution in [1.29, 1.82) is 1.43 Å². The van der Waals surface area contributed by atoms with Gasteiger partial charge in [0.2, 0.25) is 1.43 Å². The van der Waals surface area contributed by atoms with E-state index < -0.39 is 36.8 Å². The fraction of sp³-hybridized carbons (Fsp3) is 0.600. The lowest BCUT2D eigenvalue weighted by atomic mass is 10.4. The predicted octanol–water partition coefficient (Wildman–Crippen LogP) is -1.97. The Morgan fingerprint density at radius 2 is 2.28 bits per heavy atom. The number of aliphatic hydroxyl groups is 3. The zero-order valence-electron chi connectivity index (χ0n) is 11.9. The van der Waals surface area contributed by atoms with Crippen LogP contribution in [0.3, 0.4) is 0 Å². The minimum absolute atomic E-state index is 0.203. The van der Waals surface area contributed by atoms with Crippen molar-refractivity contribution in [3.05, 3.63) is 33.1 Å². The molecule has 0 aliphatic heterocycles. The van der Waals surface area contributed by atoms with E-state index in [9.17, 15) is 9.59 Å². The van der Waals surface area contributed by atoms with E-state index in [1.54, 1.807) is 0 Å². The third-order valence-electron chi connectivity index (χ3n) is 1.87. The molecular formula is C10H18N2O6. The summed E-state index contributed by atoms with van der Waals surface area (Å²) in [4.78, 5) is 24.3. The number of rotatable bonds is 5. The molecule has 1 aromatic heterocycles. The second kappa shape index (κ2) is 8.59. The number of nitrogens with one attached hydrogen (secondary N) is 1. The third-order valence-corrected chi connectivity index (χ3v) is 1.87. The maximum Gasteiger partial charge on any atom is 0.330 e. The van der Waals surface area contributed by atoms with Gasteiger partial charge in [-0.15, -0.1) is 0 Å². The first kappa shape index (κ1) is 13.0. The lowest BCUT2D eigenvalue weighted by molar-refractivity contribution is -0.0908. The summed E-state index contributed by atoms with van der Waals surface area (Å²) in [6.45, 7) is -1.11. The van der Waals surface area contributed by atoms with Crippen LogP contribution in [0.25, 0.3) is 0 Å². The molecule has 0 radical (unpaired) electrons. The number of aromatic nitrogens is 2. The van der Waals surface area contributed by atoms with Crippen LogP contribution in [0, 0.1) is 0 Å². The van der Waals surface area contributed by atoms with Gasteiger partial charge in [0.1, 0.15) is 0 Å². The molecule has 0 fully saturated rings. The van der Waals surface area contributed by atoms with Gasteiger partial charge in [-0.05, 0) is 6.90 Å². The molecule has 0 saturated heterocycles. The highest BCUT2D eigenvalue weighted by Crippen LogP contribution is 2.06. The Bertz CT molecular complexity index is 473. The number of aromatic amines is 1. The summed E-state index contributed by atoms with van der Waals surface area (Å²) in [5, 5.41) is 21.5. The standard InChI is InChI=1S/C9H14N2O5.CH4O/c1-6(4-12)16-8(5-13)11-3-2-7(14)10-9(11)15;1-2/h2-3,6,8,12-13H,4-5H2,1H3,(H,10,14,15);2H,1H3/t6-,8-;/m1./s1/i1D;2T. The Hall–Kier alpha value is -1.48. The number of ether oxygens (including phenoxy) is 1. The summed E-state index contributed by atoms with van der Waals surface area (Å²) in [7, 11) is 1.29. The van der Waals surface area contributed by atoms with E-state index in [0.717, 1.165) is 10.6 Å². The molecule has 4 N–H and O–H groups in total. The summed E-state index contributed by atoms with van der Waals surface area (Å²) in [5.41, 5.74) is -1.28. The molecular weight excluding hydrogens is 244 g/mol. The molecule has 18 heavy (non-hydrogen) atoms. The molecule has 8 heteroatoms. The van der Waals surface area contributed by atoms with Crippen LogP contribution in [0.2, 0.25) is 0 Å². The fourth-order valence-electron chi connectivity index (χ4n) is 1.12. The monoisotopic (exact) mass is 265 g/mol. The summed E-state index contributed by atoms with van der Waals surface area (Å²) < 4.78 is 18.9. The molecule has 1 aromatic rings. The van der Waals surface area contributed by atoms with Crippen LogP contribution in [0.1, 0.15) is 14.5 Å². The van der Waals surface area contributed by atoms with Crippen LogP contribution in [-0.4, -0.2) is 52.7 Å². The van der Waals surface area contributed by atoms with Gasteiger partial charge in [-0.2, -0.15) is 0 Å². The van der Waals surface area contributed by atoms with E-state index in [1.807, 2.05) is 4.98 Å². The van der Waals surface area contributed by atoms with Gasteiger partial charge in [-0.25, -0.2) is 4.79 Å². The van der Waals surface area contributed by atoms with E-state index in [4.69, 9.17) is 17.8 Å². The molecule has 104 valence electrons. The molecule has 0 aliphatic carbocycles. The van der Waals surface area contributed by atoms with Crippen LogP contribution < -0.4 is 11.2 Å². The molecule has 0 bridgehead atoms. The number of aliphatic hydroxyl groups excluding tert-OH is 3. The molecule has 0 amide bonds. The van der Waals surface area contributed by atoms with Gasteiger partial charge in [-0.3, -0.25) is 14.3 Å². The van der Waals surface area contributed by atoms with E-state index in [-0.39, 0.29) is 6.90 Å². The maximum absolute atomic E-state index is 11.4. The Kier molecular flexibility index (Phi) is 6.18. The highest BCUT2D eigenvalue weighted by molar-refractivity contribution is 4.84. The van der Waals surface area contributed by atoms with Crippen molar-refractivity contribution in [1.82, 2.24) is 9.55 Å². The summed E-state index contributed by atoms with van der Waals surface area (Å²) in [6, 6.07) is 1.11. The van der Waals surface area contributed by atoms with E-state index in [0.29, 0.717) is 0 Å². The van der Waals surface area contributed by atoms with Crippen molar-refractivity contribution in [2.75, 3.05) is 20.3 Å². The van der Waals surface area contributed by atoms with Gasteiger partial charge in [0, 0.05) is 20.7 Å². The van der Waals surface area contributed by atoms with E-state index in [1.165, 1.54) is 13.3 Å².